The Morgan fingerprint density at radius 1 is 0.633 bits per heavy atom. The standard InChI is InChI=1S/C50H60N10O13S6/c1-25-9-11-29-26(13-25)15-37(61)41(53-29)45(67)55-31-19-76-49(71)35(21-74-7)59(4)47(69)34-24-79-78-23-33(57(2)39(63)17-51-43(31)65)48(70)60(5)36(22-75-8)50(72)77-20-32(44(66)52-18-40(64)58(34)3)56-46(68)42-38(62)16-27-14-28(73-6)10-12-30(27)54-42/h9-16,31-36,61-62H,17-24H2,1-8H3,(H,51,65)(H,52,66)(H,55,67)(H,56,68)/t31-,32-,33+,34+,35+,36+/m1/s1. The van der Waals surface area contributed by atoms with Gasteiger partial charge in [0.2, 0.25) is 45.7 Å². The highest BCUT2D eigenvalue weighted by atomic mass is 33.1. The minimum atomic E-state index is -1.56. The maximum Gasteiger partial charge on any atom is 0.274 e. The number of carbonyl (C=O) groups is 10. The highest BCUT2D eigenvalue weighted by Crippen LogP contribution is 2.30. The van der Waals surface area contributed by atoms with E-state index in [9.17, 15) is 58.2 Å². The smallest absolute Gasteiger partial charge is 0.274 e. The average molecular weight is 1200 g/mol. The van der Waals surface area contributed by atoms with E-state index in [-0.39, 0.29) is 23.0 Å². The van der Waals surface area contributed by atoms with Crippen molar-refractivity contribution in [3.63, 3.8) is 0 Å². The van der Waals surface area contributed by atoms with E-state index in [0.717, 1.165) is 37.0 Å². The van der Waals surface area contributed by atoms with E-state index in [1.807, 2.05) is 6.92 Å². The number of pyridine rings is 2. The van der Waals surface area contributed by atoms with Crippen molar-refractivity contribution in [2.24, 2.45) is 0 Å². The number of aromatic nitrogens is 2. The van der Waals surface area contributed by atoms with Gasteiger partial charge in [-0.25, -0.2) is 9.97 Å². The molecule has 79 heavy (non-hydrogen) atoms. The van der Waals surface area contributed by atoms with Crippen molar-refractivity contribution in [2.45, 2.75) is 43.2 Å². The molecule has 29 heteroatoms. The molecule has 0 spiro atoms. The summed E-state index contributed by atoms with van der Waals surface area (Å²) in [5, 5.41) is 31.7. The summed E-state index contributed by atoms with van der Waals surface area (Å²) in [4.78, 5) is 155. The number of nitrogens with zero attached hydrogens (tertiary/aromatic N) is 6. The Bertz CT molecular complexity index is 3030. The number of nitrogens with one attached hydrogen (secondary N) is 4. The van der Waals surface area contributed by atoms with Crippen LogP contribution < -0.4 is 26.0 Å². The van der Waals surface area contributed by atoms with Crippen molar-refractivity contribution >= 4 is 148 Å². The van der Waals surface area contributed by atoms with E-state index in [1.165, 1.54) is 80.8 Å². The van der Waals surface area contributed by atoms with E-state index in [2.05, 4.69) is 31.2 Å². The largest absolute Gasteiger partial charge is 0.505 e. The molecule has 2 aromatic heterocycles. The van der Waals surface area contributed by atoms with Crippen molar-refractivity contribution < 1.29 is 62.9 Å². The topological polar surface area (TPSA) is 307 Å². The van der Waals surface area contributed by atoms with Crippen molar-refractivity contribution in [3.8, 4) is 17.2 Å². The molecule has 2 aromatic carbocycles. The van der Waals surface area contributed by atoms with E-state index in [4.69, 9.17) is 4.74 Å². The van der Waals surface area contributed by atoms with E-state index in [0.29, 0.717) is 51.1 Å². The van der Waals surface area contributed by atoms with Crippen LogP contribution in [0.4, 0.5) is 0 Å². The third kappa shape index (κ3) is 15.4. The summed E-state index contributed by atoms with van der Waals surface area (Å²) in [5.41, 5.74) is 0.684. The maximum atomic E-state index is 14.8. The molecule has 23 nitrogen and oxygen atoms in total. The quantitative estimate of drug-likeness (QED) is 0.130. The lowest BCUT2D eigenvalue weighted by atomic mass is 10.1. The molecule has 4 heterocycles. The first-order chi connectivity index (χ1) is 37.6. The van der Waals surface area contributed by atoms with Crippen LogP contribution in [0.25, 0.3) is 21.8 Å². The summed E-state index contributed by atoms with van der Waals surface area (Å²) >= 11 is 3.69. The van der Waals surface area contributed by atoms with E-state index < -0.39 is 141 Å². The number of ether oxygens (including phenoxy) is 1. The van der Waals surface area contributed by atoms with E-state index in [1.54, 1.807) is 48.9 Å². The van der Waals surface area contributed by atoms with Gasteiger partial charge in [0.1, 0.15) is 53.5 Å². The molecule has 0 radical (unpaired) electrons. The van der Waals surface area contributed by atoms with Gasteiger partial charge in [-0.3, -0.25) is 47.9 Å². The highest BCUT2D eigenvalue weighted by Gasteiger charge is 2.40. The number of hydrogen-bond donors (Lipinski definition) is 6. The molecule has 6 N–H and O–H groups in total. The number of methoxy groups -OCH3 is 1. The highest BCUT2D eigenvalue weighted by molar-refractivity contribution is 8.76. The number of aryl methyl sites for hydroxylation is 1. The minimum Gasteiger partial charge on any atom is -0.505 e. The number of benzene rings is 2. The number of carbonyl (C=O) groups excluding carboxylic acids is 10. The second kappa shape index (κ2) is 28.3. The Labute approximate surface area is 480 Å². The first-order valence-corrected chi connectivity index (χ1v) is 31.4. The third-order valence-corrected chi connectivity index (χ3v) is 18.7. The Kier molecular flexibility index (Phi) is 22.3. The third-order valence-electron chi connectivity index (χ3n) is 12.9. The predicted octanol–water partition coefficient (Wildman–Crippen LogP) is 1.60. The van der Waals surface area contributed by atoms with Crippen molar-refractivity contribution in [2.75, 3.05) is 95.4 Å². The van der Waals surface area contributed by atoms with Crippen LogP contribution in [0.2, 0.25) is 0 Å². The second-order valence-electron chi connectivity index (χ2n) is 18.2. The number of rotatable bonds is 9. The molecular weight excluding hydrogens is 1140 g/mol. The summed E-state index contributed by atoms with van der Waals surface area (Å²) in [6.45, 7) is 0.431. The Balaban J connectivity index is 1.36. The molecule has 8 amide bonds. The van der Waals surface area contributed by atoms with Gasteiger partial charge in [0, 0.05) is 73.5 Å². The monoisotopic (exact) mass is 1200 g/mol. The number of fused-ring (bicyclic) bond motifs is 7. The molecule has 2 saturated heterocycles. The predicted molar refractivity (Wildman–Crippen MR) is 309 cm³/mol. The minimum absolute atomic E-state index is 0.0504. The molecule has 2 bridgehead atoms. The van der Waals surface area contributed by atoms with Crippen LogP contribution in [-0.4, -0.2) is 229 Å². The molecule has 0 aliphatic carbocycles. The first kappa shape index (κ1) is 62.1. The molecule has 2 aliphatic heterocycles. The molecule has 6 rings (SSSR count). The van der Waals surface area contributed by atoms with Gasteiger partial charge in [-0.1, -0.05) is 56.7 Å². The SMILES string of the molecule is COc1ccc2nc(C(=O)N[C@@H]3CSC(=O)[C@H](CSC)N(C)C(=O)[C@@H]4CSSC[C@@H](C(=O)N(C)[C@@H](CSC)C(=O)SC[C@@H](NC(=O)c5nc6ccc(C)cc6cc5O)C(=O)NCC(=O)N4C)N(C)C(=O)CNC3=O)c(O)cc2c1. The van der Waals surface area contributed by atoms with Gasteiger partial charge in [-0.2, -0.15) is 23.5 Å². The van der Waals surface area contributed by atoms with Gasteiger partial charge in [0.15, 0.2) is 11.4 Å². The van der Waals surface area contributed by atoms with Crippen LogP contribution in [0.3, 0.4) is 0 Å². The lowest BCUT2D eigenvalue weighted by molar-refractivity contribution is -0.144. The molecule has 0 unspecified atom stereocenters. The van der Waals surface area contributed by atoms with Gasteiger partial charge >= 0.3 is 0 Å². The zero-order valence-corrected chi connectivity index (χ0v) is 49.2. The van der Waals surface area contributed by atoms with Crippen LogP contribution >= 0.6 is 68.6 Å². The summed E-state index contributed by atoms with van der Waals surface area (Å²) in [6, 6.07) is 4.52. The lowest BCUT2D eigenvalue weighted by Crippen LogP contribution is -2.57. The zero-order valence-electron chi connectivity index (χ0n) is 44.3. The van der Waals surface area contributed by atoms with Gasteiger partial charge in [-0.15, -0.1) is 0 Å². The molecule has 2 fully saturated rings. The normalized spacial score (nSPS) is 22.4. The Morgan fingerprint density at radius 3 is 1.47 bits per heavy atom. The van der Waals surface area contributed by atoms with Crippen LogP contribution in [0.15, 0.2) is 48.5 Å². The molecular formula is C50H60N10O13S6. The molecule has 0 saturated carbocycles. The van der Waals surface area contributed by atoms with Gasteiger partial charge < -0.3 is 55.8 Å². The van der Waals surface area contributed by atoms with Crippen molar-refractivity contribution in [1.29, 1.82) is 0 Å². The van der Waals surface area contributed by atoms with Crippen molar-refractivity contribution in [3.05, 3.63) is 65.5 Å². The summed E-state index contributed by atoms with van der Waals surface area (Å²) < 4.78 is 5.25. The molecule has 424 valence electrons. The molecule has 4 aromatic rings. The number of amides is 8. The van der Waals surface area contributed by atoms with Gasteiger partial charge in [0.25, 0.3) is 11.8 Å². The van der Waals surface area contributed by atoms with Crippen molar-refractivity contribution in [1.82, 2.24) is 50.8 Å². The second-order valence-corrected chi connectivity index (χ2v) is 24.6. The fourth-order valence-electron chi connectivity index (χ4n) is 8.09. The lowest BCUT2D eigenvalue weighted by Gasteiger charge is -2.35. The zero-order chi connectivity index (χ0) is 57.8. The van der Waals surface area contributed by atoms with Gasteiger partial charge in [0.05, 0.1) is 31.2 Å². The summed E-state index contributed by atoms with van der Waals surface area (Å²) in [5.74, 6) is -8.36. The Morgan fingerprint density at radius 2 is 1.05 bits per heavy atom. The molecule has 2 aliphatic rings. The maximum absolute atomic E-state index is 14.8. The number of likely N-dealkylation sites (N-methyl/N-ethyl adjacent to an activating group) is 4. The van der Waals surface area contributed by atoms with E-state index >= 15 is 0 Å². The molecule has 6 atom stereocenters. The fourth-order valence-corrected chi connectivity index (χ4v) is 14.2. The fraction of sp³-hybridized carbons (Fsp3) is 0.440. The van der Waals surface area contributed by atoms with Crippen LogP contribution in [0.5, 0.6) is 17.2 Å². The van der Waals surface area contributed by atoms with Crippen LogP contribution in [0.1, 0.15) is 26.5 Å². The van der Waals surface area contributed by atoms with Crippen LogP contribution in [-0.2, 0) is 38.4 Å². The van der Waals surface area contributed by atoms with Gasteiger partial charge in [-0.05, 0) is 61.9 Å². The average Bonchev–Trinajstić information content (AvgIpc) is 3.43. The first-order valence-electron chi connectivity index (χ1n) is 24.1. The summed E-state index contributed by atoms with van der Waals surface area (Å²) in [7, 11) is 9.04. The number of hydrogen-bond acceptors (Lipinski definition) is 21. The Hall–Kier alpha value is -6.14. The number of thioether (sulfide) groups is 4. The van der Waals surface area contributed by atoms with Crippen LogP contribution in [0, 0.1) is 6.92 Å². The number of aromatic hydroxyl groups is 2. The summed E-state index contributed by atoms with van der Waals surface area (Å²) in [6.07, 6.45) is 3.41.